The first-order valence-corrected chi connectivity index (χ1v) is 8.23. The van der Waals surface area contributed by atoms with Crippen molar-refractivity contribution in [3.05, 3.63) is 28.8 Å². The van der Waals surface area contributed by atoms with Gasteiger partial charge in [0.2, 0.25) is 0 Å². The third-order valence-corrected chi connectivity index (χ3v) is 5.74. The Labute approximate surface area is 130 Å². The number of anilines is 1. The predicted molar refractivity (Wildman–Crippen MR) is 84.8 cm³/mol. The molecule has 2 fully saturated rings. The van der Waals surface area contributed by atoms with E-state index in [2.05, 4.69) is 6.07 Å². The van der Waals surface area contributed by atoms with Crippen molar-refractivity contribution in [2.75, 3.05) is 19.0 Å². The standard InChI is InChI=1S/C17H21ClN2O/c1-19-15-8-7-13(18)9-14(15)17(12-5-6-12,10-11-3-4-11)20(2)16(19)21/h7-9,11-12H,3-6,10H2,1-2H3. The Morgan fingerprint density at radius 3 is 2.57 bits per heavy atom. The van der Waals surface area contributed by atoms with Gasteiger partial charge in [-0.1, -0.05) is 24.4 Å². The highest BCUT2D eigenvalue weighted by Crippen LogP contribution is 2.59. The molecule has 1 atom stereocenters. The van der Waals surface area contributed by atoms with Gasteiger partial charge in [-0.15, -0.1) is 0 Å². The van der Waals surface area contributed by atoms with E-state index in [0.29, 0.717) is 5.92 Å². The largest absolute Gasteiger partial charge is 0.324 e. The summed E-state index contributed by atoms with van der Waals surface area (Å²) in [6.45, 7) is 0. The van der Waals surface area contributed by atoms with Crippen LogP contribution in [0.1, 0.15) is 37.7 Å². The first kappa shape index (κ1) is 13.4. The molecular weight excluding hydrogens is 284 g/mol. The Hall–Kier alpha value is -1.22. The third-order valence-electron chi connectivity index (χ3n) is 5.51. The molecule has 1 unspecified atom stereocenters. The van der Waals surface area contributed by atoms with Crippen molar-refractivity contribution < 1.29 is 4.79 Å². The molecule has 4 rings (SSSR count). The summed E-state index contributed by atoms with van der Waals surface area (Å²) in [6, 6.07) is 6.10. The maximum atomic E-state index is 12.7. The van der Waals surface area contributed by atoms with Crippen LogP contribution in [0.2, 0.25) is 5.02 Å². The lowest BCUT2D eigenvalue weighted by atomic mass is 9.76. The monoisotopic (exact) mass is 304 g/mol. The molecule has 0 radical (unpaired) electrons. The van der Waals surface area contributed by atoms with Crippen molar-refractivity contribution in [2.45, 2.75) is 37.6 Å². The summed E-state index contributed by atoms with van der Waals surface area (Å²) < 4.78 is 0. The van der Waals surface area contributed by atoms with Gasteiger partial charge in [0.05, 0.1) is 11.2 Å². The predicted octanol–water partition coefficient (Wildman–Crippen LogP) is 4.25. The second-order valence-corrected chi connectivity index (χ2v) is 7.34. The van der Waals surface area contributed by atoms with Gasteiger partial charge in [-0.25, -0.2) is 4.79 Å². The van der Waals surface area contributed by atoms with E-state index in [0.717, 1.165) is 23.0 Å². The normalized spacial score (nSPS) is 28.8. The lowest BCUT2D eigenvalue weighted by Gasteiger charge is -2.50. The van der Waals surface area contributed by atoms with Gasteiger partial charge in [-0.3, -0.25) is 4.90 Å². The third kappa shape index (κ3) is 1.90. The number of rotatable bonds is 3. The number of hydrogen-bond acceptors (Lipinski definition) is 1. The lowest BCUT2D eigenvalue weighted by Crippen LogP contribution is -2.57. The van der Waals surface area contributed by atoms with Gasteiger partial charge in [0, 0.05) is 24.7 Å². The lowest BCUT2D eigenvalue weighted by molar-refractivity contribution is 0.0978. The van der Waals surface area contributed by atoms with Gasteiger partial charge in [0.15, 0.2) is 0 Å². The molecule has 0 aromatic heterocycles. The number of fused-ring (bicyclic) bond motifs is 1. The molecule has 3 nitrogen and oxygen atoms in total. The minimum Gasteiger partial charge on any atom is -0.317 e. The van der Waals surface area contributed by atoms with Crippen LogP contribution in [0.3, 0.4) is 0 Å². The highest BCUT2D eigenvalue weighted by molar-refractivity contribution is 6.30. The van der Waals surface area contributed by atoms with Crippen LogP contribution in [0.25, 0.3) is 0 Å². The first-order valence-electron chi connectivity index (χ1n) is 7.85. The van der Waals surface area contributed by atoms with Crippen LogP contribution in [0, 0.1) is 11.8 Å². The summed E-state index contributed by atoms with van der Waals surface area (Å²) in [5.41, 5.74) is 2.16. The molecule has 1 aromatic carbocycles. The molecule has 2 saturated carbocycles. The maximum Gasteiger partial charge on any atom is 0.324 e. The van der Waals surface area contributed by atoms with Gasteiger partial charge >= 0.3 is 6.03 Å². The van der Waals surface area contributed by atoms with E-state index in [1.54, 1.807) is 4.90 Å². The van der Waals surface area contributed by atoms with E-state index in [1.807, 2.05) is 31.1 Å². The van der Waals surface area contributed by atoms with Crippen molar-refractivity contribution in [1.29, 1.82) is 0 Å². The second kappa shape index (κ2) is 4.39. The summed E-state index contributed by atoms with van der Waals surface area (Å²) in [6.07, 6.45) is 6.16. The van der Waals surface area contributed by atoms with Crippen LogP contribution in [0.4, 0.5) is 10.5 Å². The maximum absolute atomic E-state index is 12.7. The van der Waals surface area contributed by atoms with Gasteiger partial charge in [-0.05, 0) is 49.3 Å². The number of hydrogen-bond donors (Lipinski definition) is 0. The number of benzene rings is 1. The topological polar surface area (TPSA) is 23.6 Å². The van der Waals surface area contributed by atoms with Crippen LogP contribution in [0.15, 0.2) is 18.2 Å². The van der Waals surface area contributed by atoms with E-state index < -0.39 is 0 Å². The Morgan fingerprint density at radius 2 is 1.95 bits per heavy atom. The van der Waals surface area contributed by atoms with Crippen molar-refractivity contribution in [3.8, 4) is 0 Å². The molecule has 0 N–H and O–H groups in total. The Kier molecular flexibility index (Phi) is 2.81. The van der Waals surface area contributed by atoms with E-state index in [-0.39, 0.29) is 11.6 Å². The fourth-order valence-electron chi connectivity index (χ4n) is 4.06. The average molecular weight is 305 g/mol. The zero-order valence-corrected chi connectivity index (χ0v) is 13.4. The molecule has 21 heavy (non-hydrogen) atoms. The van der Waals surface area contributed by atoms with Crippen LogP contribution >= 0.6 is 11.6 Å². The number of carbonyl (C=O) groups excluding carboxylic acids is 1. The highest BCUT2D eigenvalue weighted by Gasteiger charge is 2.56. The number of nitrogens with zero attached hydrogens (tertiary/aromatic N) is 2. The fraction of sp³-hybridized carbons (Fsp3) is 0.588. The Bertz CT molecular complexity index is 609. The van der Waals surface area contributed by atoms with Crippen LogP contribution in [0.5, 0.6) is 0 Å². The number of urea groups is 1. The van der Waals surface area contributed by atoms with Crippen molar-refractivity contribution >= 4 is 23.3 Å². The molecule has 2 amide bonds. The molecule has 1 aromatic rings. The Morgan fingerprint density at radius 1 is 1.24 bits per heavy atom. The molecule has 3 aliphatic rings. The van der Waals surface area contributed by atoms with Crippen molar-refractivity contribution in [1.82, 2.24) is 4.90 Å². The van der Waals surface area contributed by atoms with Crippen LogP contribution < -0.4 is 4.90 Å². The summed E-state index contributed by atoms with van der Waals surface area (Å²) in [4.78, 5) is 16.5. The van der Waals surface area contributed by atoms with E-state index in [9.17, 15) is 4.79 Å². The molecule has 0 spiro atoms. The van der Waals surface area contributed by atoms with Gasteiger partial charge in [0.25, 0.3) is 0 Å². The Balaban J connectivity index is 1.92. The zero-order chi connectivity index (χ0) is 14.8. The number of amides is 2. The number of carbonyl (C=O) groups is 1. The zero-order valence-electron chi connectivity index (χ0n) is 12.6. The van der Waals surface area contributed by atoms with E-state index in [1.165, 1.54) is 31.2 Å². The molecule has 112 valence electrons. The van der Waals surface area contributed by atoms with E-state index in [4.69, 9.17) is 11.6 Å². The minimum absolute atomic E-state index is 0.109. The van der Waals surface area contributed by atoms with Crippen molar-refractivity contribution in [3.63, 3.8) is 0 Å². The number of halogens is 1. The molecule has 0 saturated heterocycles. The summed E-state index contributed by atoms with van der Waals surface area (Å²) in [5.74, 6) is 1.37. The van der Waals surface area contributed by atoms with Crippen LogP contribution in [-0.4, -0.2) is 25.0 Å². The van der Waals surface area contributed by atoms with E-state index >= 15 is 0 Å². The minimum atomic E-state index is -0.134. The summed E-state index contributed by atoms with van der Waals surface area (Å²) in [7, 11) is 3.84. The second-order valence-electron chi connectivity index (χ2n) is 6.91. The molecule has 4 heteroatoms. The molecule has 2 aliphatic carbocycles. The van der Waals surface area contributed by atoms with Gasteiger partial charge in [0.1, 0.15) is 0 Å². The first-order chi connectivity index (χ1) is 10.0. The molecule has 1 aliphatic heterocycles. The summed E-state index contributed by atoms with van der Waals surface area (Å²) >= 11 is 6.29. The van der Waals surface area contributed by atoms with Crippen molar-refractivity contribution in [2.24, 2.45) is 11.8 Å². The van der Waals surface area contributed by atoms with Crippen LogP contribution in [-0.2, 0) is 5.54 Å². The van der Waals surface area contributed by atoms with Gasteiger partial charge in [-0.2, -0.15) is 0 Å². The molecule has 0 bridgehead atoms. The average Bonchev–Trinajstić information content (AvgIpc) is 3.34. The SMILES string of the molecule is CN1C(=O)N(C)C(CC2CC2)(C2CC2)c2cc(Cl)ccc21. The smallest absolute Gasteiger partial charge is 0.317 e. The molecule has 1 heterocycles. The molecular formula is C17H21ClN2O. The highest BCUT2D eigenvalue weighted by atomic mass is 35.5. The summed E-state index contributed by atoms with van der Waals surface area (Å²) in [5, 5.41) is 0.769. The van der Waals surface area contributed by atoms with Gasteiger partial charge < -0.3 is 4.90 Å². The quantitative estimate of drug-likeness (QED) is 0.819. The fourth-order valence-corrected chi connectivity index (χ4v) is 4.23.